The molecule has 20 heavy (non-hydrogen) atoms. The van der Waals surface area contributed by atoms with Crippen molar-refractivity contribution in [2.24, 2.45) is 0 Å². The van der Waals surface area contributed by atoms with Crippen LogP contribution >= 0.6 is 22.7 Å². The molecule has 0 fully saturated rings. The van der Waals surface area contributed by atoms with Crippen LogP contribution in [0.3, 0.4) is 0 Å². The summed E-state index contributed by atoms with van der Waals surface area (Å²) >= 11 is 3.33. The third-order valence-electron chi connectivity index (χ3n) is 2.08. The van der Waals surface area contributed by atoms with Crippen molar-refractivity contribution in [3.05, 3.63) is 27.1 Å². The first-order valence-electron chi connectivity index (χ1n) is 5.88. The molecule has 0 bridgehead atoms. The van der Waals surface area contributed by atoms with Gasteiger partial charge >= 0.3 is 0 Å². The van der Waals surface area contributed by atoms with Gasteiger partial charge in [-0.1, -0.05) is 56.4 Å². The average Bonchev–Trinajstić information content (AvgIpc) is 2.91. The van der Waals surface area contributed by atoms with E-state index >= 15 is 0 Å². The molecule has 3 nitrogen and oxygen atoms in total. The summed E-state index contributed by atoms with van der Waals surface area (Å²) in [4.78, 5) is 4.21. The standard InChI is InChI=1S/C7H11NS.C6H10N2S.2CH4/c1-7(2,3)6-8-4-5-9-6;1-6(2,3)5-8-7-4-9-5;;/h4-5H,1-3H3;4H,1-3H3;2*1H4. The Morgan fingerprint density at radius 3 is 1.60 bits per heavy atom. The van der Waals surface area contributed by atoms with E-state index in [0.29, 0.717) is 0 Å². The highest BCUT2D eigenvalue weighted by molar-refractivity contribution is 7.09. The van der Waals surface area contributed by atoms with E-state index in [4.69, 9.17) is 0 Å². The van der Waals surface area contributed by atoms with E-state index < -0.39 is 0 Å². The zero-order valence-corrected chi connectivity index (χ0v) is 13.5. The van der Waals surface area contributed by atoms with Crippen molar-refractivity contribution in [1.29, 1.82) is 0 Å². The van der Waals surface area contributed by atoms with Gasteiger partial charge in [-0.05, 0) is 0 Å². The second-order valence-electron chi connectivity index (χ2n) is 6.08. The van der Waals surface area contributed by atoms with Gasteiger partial charge in [0.25, 0.3) is 0 Å². The summed E-state index contributed by atoms with van der Waals surface area (Å²) in [6, 6.07) is 0. The normalized spacial score (nSPS) is 10.7. The van der Waals surface area contributed by atoms with Crippen LogP contribution in [0.2, 0.25) is 0 Å². The predicted molar refractivity (Wildman–Crippen MR) is 92.9 cm³/mol. The van der Waals surface area contributed by atoms with Crippen LogP contribution in [0.5, 0.6) is 0 Å². The summed E-state index contributed by atoms with van der Waals surface area (Å²) in [5.74, 6) is 0. The number of nitrogens with zero attached hydrogens (tertiary/aromatic N) is 3. The van der Waals surface area contributed by atoms with Gasteiger partial charge in [0.05, 0.1) is 5.01 Å². The minimum atomic E-state index is 0. The van der Waals surface area contributed by atoms with E-state index in [1.54, 1.807) is 28.2 Å². The van der Waals surface area contributed by atoms with E-state index in [1.165, 1.54) is 5.01 Å². The van der Waals surface area contributed by atoms with Crippen LogP contribution in [-0.4, -0.2) is 15.2 Å². The lowest BCUT2D eigenvalue weighted by atomic mass is 9.98. The van der Waals surface area contributed by atoms with Gasteiger partial charge in [-0.2, -0.15) is 0 Å². The Labute approximate surface area is 132 Å². The molecule has 2 rings (SSSR count). The van der Waals surface area contributed by atoms with Crippen LogP contribution in [-0.2, 0) is 10.8 Å². The highest BCUT2D eigenvalue weighted by atomic mass is 32.1. The van der Waals surface area contributed by atoms with E-state index in [1.807, 2.05) is 11.6 Å². The molecule has 0 saturated heterocycles. The van der Waals surface area contributed by atoms with Gasteiger partial charge in [0.15, 0.2) is 0 Å². The fourth-order valence-corrected chi connectivity index (χ4v) is 2.46. The SMILES string of the molecule is C.C.CC(C)(C)c1nccs1.CC(C)(C)c1nncs1. The summed E-state index contributed by atoms with van der Waals surface area (Å²) in [6.45, 7) is 12.9. The van der Waals surface area contributed by atoms with Gasteiger partial charge in [0, 0.05) is 22.4 Å². The Hall–Kier alpha value is -0.810. The maximum atomic E-state index is 4.21. The Balaban J connectivity index is 0. The second kappa shape index (κ2) is 8.47. The molecule has 0 spiro atoms. The zero-order valence-electron chi connectivity index (χ0n) is 11.9. The minimum absolute atomic E-state index is 0. The lowest BCUT2D eigenvalue weighted by Crippen LogP contribution is -2.10. The van der Waals surface area contributed by atoms with Crippen LogP contribution in [0.4, 0.5) is 0 Å². The van der Waals surface area contributed by atoms with Crippen LogP contribution in [0, 0.1) is 0 Å². The Kier molecular flexibility index (Phi) is 9.10. The predicted octanol–water partition coefficient (Wildman–Crippen LogP) is 5.55. The average molecular weight is 316 g/mol. The quantitative estimate of drug-likeness (QED) is 0.640. The molecule has 116 valence electrons. The van der Waals surface area contributed by atoms with Crippen molar-refractivity contribution in [2.75, 3.05) is 0 Å². The summed E-state index contributed by atoms with van der Waals surface area (Å²) in [7, 11) is 0. The molecule has 0 amide bonds. The van der Waals surface area contributed by atoms with Gasteiger partial charge in [-0.3, -0.25) is 0 Å². The third-order valence-corrected chi connectivity index (χ3v) is 4.39. The zero-order chi connectivity index (χ0) is 13.8. The molecule has 2 heterocycles. The largest absolute Gasteiger partial charge is 0.249 e. The molecule has 2 aromatic rings. The minimum Gasteiger partial charge on any atom is -0.249 e. The van der Waals surface area contributed by atoms with Gasteiger partial charge < -0.3 is 0 Å². The molecule has 5 heteroatoms. The fraction of sp³-hybridized carbons (Fsp3) is 0.667. The molecule has 0 aliphatic heterocycles. The summed E-state index contributed by atoms with van der Waals surface area (Å²) < 4.78 is 0. The molecular formula is C15H29N3S2. The van der Waals surface area contributed by atoms with E-state index in [-0.39, 0.29) is 25.7 Å². The Morgan fingerprint density at radius 2 is 1.40 bits per heavy atom. The molecule has 2 aromatic heterocycles. The first-order valence-corrected chi connectivity index (χ1v) is 7.64. The molecule has 0 atom stereocenters. The fourth-order valence-electron chi connectivity index (χ4n) is 1.09. The van der Waals surface area contributed by atoms with Gasteiger partial charge in [0.2, 0.25) is 0 Å². The molecule has 0 aliphatic carbocycles. The van der Waals surface area contributed by atoms with Crippen molar-refractivity contribution in [1.82, 2.24) is 15.2 Å². The van der Waals surface area contributed by atoms with Crippen molar-refractivity contribution in [3.63, 3.8) is 0 Å². The van der Waals surface area contributed by atoms with Gasteiger partial charge in [0.1, 0.15) is 10.5 Å². The summed E-state index contributed by atoms with van der Waals surface area (Å²) in [5.41, 5.74) is 2.16. The summed E-state index contributed by atoms with van der Waals surface area (Å²) in [6.07, 6.45) is 1.85. The van der Waals surface area contributed by atoms with Crippen LogP contribution in [0.15, 0.2) is 17.1 Å². The second-order valence-corrected chi connectivity index (χ2v) is 7.81. The van der Waals surface area contributed by atoms with E-state index in [2.05, 4.69) is 56.7 Å². The molecule has 0 aromatic carbocycles. The number of hydrogen-bond donors (Lipinski definition) is 0. The Bertz CT molecular complexity index is 390. The number of aromatic nitrogens is 3. The number of thiazole rings is 1. The molecule has 0 N–H and O–H groups in total. The maximum absolute atomic E-state index is 4.21. The van der Waals surface area contributed by atoms with Crippen LogP contribution in [0.1, 0.15) is 66.4 Å². The highest BCUT2D eigenvalue weighted by Gasteiger charge is 2.16. The smallest absolute Gasteiger partial charge is 0.122 e. The Morgan fingerprint density at radius 1 is 0.850 bits per heavy atom. The topological polar surface area (TPSA) is 38.7 Å². The lowest BCUT2D eigenvalue weighted by molar-refractivity contribution is 0.578. The highest BCUT2D eigenvalue weighted by Crippen LogP contribution is 2.23. The van der Waals surface area contributed by atoms with Crippen molar-refractivity contribution in [3.8, 4) is 0 Å². The van der Waals surface area contributed by atoms with Gasteiger partial charge in [-0.25, -0.2) is 4.98 Å². The van der Waals surface area contributed by atoms with E-state index in [0.717, 1.165) is 5.01 Å². The molecule has 0 unspecified atom stereocenters. The maximum Gasteiger partial charge on any atom is 0.122 e. The first kappa shape index (κ1) is 21.5. The van der Waals surface area contributed by atoms with E-state index in [9.17, 15) is 0 Å². The monoisotopic (exact) mass is 315 g/mol. The third kappa shape index (κ3) is 7.10. The van der Waals surface area contributed by atoms with Crippen molar-refractivity contribution in [2.45, 2.75) is 67.2 Å². The number of hydrogen-bond acceptors (Lipinski definition) is 5. The molecule has 0 saturated carbocycles. The number of rotatable bonds is 0. The molecular weight excluding hydrogens is 286 g/mol. The van der Waals surface area contributed by atoms with Crippen molar-refractivity contribution >= 4 is 22.7 Å². The van der Waals surface area contributed by atoms with Crippen LogP contribution < -0.4 is 0 Å². The summed E-state index contributed by atoms with van der Waals surface area (Å²) in [5, 5.41) is 12.0. The first-order chi connectivity index (χ1) is 8.21. The van der Waals surface area contributed by atoms with Crippen LogP contribution in [0.25, 0.3) is 0 Å². The van der Waals surface area contributed by atoms with Gasteiger partial charge in [-0.15, -0.1) is 32.9 Å². The molecule has 0 radical (unpaired) electrons. The lowest BCUT2D eigenvalue weighted by Gasteiger charge is -2.12. The molecule has 0 aliphatic rings. The van der Waals surface area contributed by atoms with Crippen molar-refractivity contribution < 1.29 is 0 Å².